The van der Waals surface area contributed by atoms with E-state index in [4.69, 9.17) is 10.2 Å². The minimum Gasteiger partial charge on any atom is -0.463 e. The van der Waals surface area contributed by atoms with Gasteiger partial charge in [0, 0.05) is 12.1 Å². The fourth-order valence-corrected chi connectivity index (χ4v) is 4.19. The molecule has 1 aromatic rings. The molecule has 0 aromatic carbocycles. The van der Waals surface area contributed by atoms with Crippen LogP contribution in [0, 0.1) is 12.8 Å². The van der Waals surface area contributed by atoms with Crippen LogP contribution in [0.1, 0.15) is 35.6 Å². The van der Waals surface area contributed by atoms with E-state index < -0.39 is 16.0 Å². The first-order chi connectivity index (χ1) is 9.89. The van der Waals surface area contributed by atoms with Gasteiger partial charge < -0.3 is 14.9 Å². The van der Waals surface area contributed by atoms with Crippen LogP contribution in [0.15, 0.2) is 15.4 Å². The minimum atomic E-state index is -3.75. The van der Waals surface area contributed by atoms with Crippen molar-refractivity contribution < 1.29 is 22.4 Å². The lowest BCUT2D eigenvalue weighted by atomic mass is 10.1. The highest BCUT2D eigenvalue weighted by Gasteiger charge is 2.32. The molecule has 1 aliphatic rings. The van der Waals surface area contributed by atoms with Crippen LogP contribution in [-0.4, -0.2) is 34.1 Å². The average Bonchev–Trinajstić information content (AvgIpc) is 3.03. The Morgan fingerprint density at radius 1 is 1.50 bits per heavy atom. The number of carbonyl (C=O) groups is 1. The fraction of sp³-hybridized carbons (Fsp3) is 0.615. The lowest BCUT2D eigenvalue weighted by molar-refractivity contribution is 0.0563. The first kappa shape index (κ1) is 19.0. The number of nitrogens with two attached hydrogens (primary N) is 1. The van der Waals surface area contributed by atoms with Gasteiger partial charge in [-0.05, 0) is 32.2 Å². The number of rotatable bonds is 5. The summed E-state index contributed by atoms with van der Waals surface area (Å²) in [7, 11) is -2.54. The number of ether oxygens (including phenoxy) is 1. The molecule has 2 unspecified atom stereocenters. The van der Waals surface area contributed by atoms with E-state index in [-0.39, 0.29) is 40.8 Å². The smallest absolute Gasteiger partial charge is 0.373 e. The summed E-state index contributed by atoms with van der Waals surface area (Å²) in [5.74, 6) is -0.533. The number of hydrogen-bond donors (Lipinski definition) is 2. The second-order valence-electron chi connectivity index (χ2n) is 5.18. The summed E-state index contributed by atoms with van der Waals surface area (Å²) < 4.78 is 37.2. The van der Waals surface area contributed by atoms with Gasteiger partial charge in [0.1, 0.15) is 10.7 Å². The second kappa shape index (κ2) is 7.45. The number of nitrogens with one attached hydrogen (secondary N) is 1. The molecule has 0 saturated heterocycles. The second-order valence-corrected chi connectivity index (χ2v) is 6.86. The summed E-state index contributed by atoms with van der Waals surface area (Å²) in [6, 6.07) is 1.02. The van der Waals surface area contributed by atoms with Gasteiger partial charge in [0.15, 0.2) is 0 Å². The van der Waals surface area contributed by atoms with Crippen molar-refractivity contribution in [3.05, 3.63) is 17.6 Å². The molecule has 1 heterocycles. The summed E-state index contributed by atoms with van der Waals surface area (Å²) in [4.78, 5) is 11.4. The number of hydrogen-bond acceptors (Lipinski definition) is 6. The molecule has 1 saturated carbocycles. The molecule has 9 heteroatoms. The third-order valence-electron chi connectivity index (χ3n) is 3.82. The Balaban J connectivity index is 0.00000242. The fourth-order valence-electron chi connectivity index (χ4n) is 2.67. The molecule has 1 aromatic heterocycles. The van der Waals surface area contributed by atoms with Crippen LogP contribution >= 0.6 is 12.4 Å². The Morgan fingerprint density at radius 2 is 2.18 bits per heavy atom. The number of carbonyl (C=O) groups excluding carboxylic acids is 1. The van der Waals surface area contributed by atoms with E-state index in [1.54, 1.807) is 0 Å². The monoisotopic (exact) mass is 352 g/mol. The Morgan fingerprint density at radius 3 is 2.77 bits per heavy atom. The molecule has 1 fully saturated rings. The Labute approximate surface area is 136 Å². The number of methoxy groups -OCH3 is 1. The van der Waals surface area contributed by atoms with Crippen molar-refractivity contribution in [2.75, 3.05) is 13.7 Å². The van der Waals surface area contributed by atoms with Gasteiger partial charge in [0.05, 0.1) is 7.11 Å². The molecule has 1 aliphatic carbocycles. The van der Waals surface area contributed by atoms with Gasteiger partial charge in [-0.15, -0.1) is 12.4 Å². The lowest BCUT2D eigenvalue weighted by Gasteiger charge is -2.19. The van der Waals surface area contributed by atoms with Crippen molar-refractivity contribution in [3.63, 3.8) is 0 Å². The number of sulfonamides is 1. The van der Waals surface area contributed by atoms with Crippen LogP contribution in [0.5, 0.6) is 0 Å². The molecule has 0 spiro atoms. The highest BCUT2D eigenvalue weighted by atomic mass is 35.5. The molecule has 0 radical (unpaired) electrons. The first-order valence-electron chi connectivity index (χ1n) is 6.80. The van der Waals surface area contributed by atoms with Gasteiger partial charge in [-0.3, -0.25) is 0 Å². The van der Waals surface area contributed by atoms with Gasteiger partial charge in [0.25, 0.3) is 0 Å². The number of aryl methyl sites for hydroxylation is 1. The summed E-state index contributed by atoms with van der Waals surface area (Å²) in [5.41, 5.74) is 5.66. The molecule has 3 N–H and O–H groups in total. The normalized spacial score (nSPS) is 21.4. The standard InChI is InChI=1S/C13H20N2O5S.ClH/c1-8-12(6-11(20-8)13(16)19-2)21(17,18)15-10-5-3-4-9(10)7-14;/h6,9-10,15H,3-5,7,14H2,1-2H3;1H. The molecule has 22 heavy (non-hydrogen) atoms. The van der Waals surface area contributed by atoms with Crippen LogP contribution in [0.25, 0.3) is 0 Å². The van der Waals surface area contributed by atoms with E-state index in [9.17, 15) is 13.2 Å². The van der Waals surface area contributed by atoms with Gasteiger partial charge in [-0.1, -0.05) is 6.42 Å². The van der Waals surface area contributed by atoms with E-state index in [1.165, 1.54) is 20.1 Å². The Bertz CT molecular complexity index is 628. The van der Waals surface area contributed by atoms with Crippen molar-refractivity contribution in [2.45, 2.75) is 37.1 Å². The van der Waals surface area contributed by atoms with E-state index in [2.05, 4.69) is 9.46 Å². The predicted octanol–water partition coefficient (Wildman–Crippen LogP) is 1.20. The molecular formula is C13H21ClN2O5S. The zero-order valence-corrected chi connectivity index (χ0v) is 14.1. The molecule has 0 amide bonds. The maximum atomic E-state index is 12.4. The zero-order valence-electron chi connectivity index (χ0n) is 12.5. The third-order valence-corrected chi connectivity index (χ3v) is 5.41. The Kier molecular flexibility index (Phi) is 6.42. The largest absolute Gasteiger partial charge is 0.463 e. The minimum absolute atomic E-state index is 0. The van der Waals surface area contributed by atoms with Crippen LogP contribution in [0.3, 0.4) is 0 Å². The molecule has 0 aliphatic heterocycles. The van der Waals surface area contributed by atoms with Crippen LogP contribution in [-0.2, 0) is 14.8 Å². The molecular weight excluding hydrogens is 332 g/mol. The van der Waals surface area contributed by atoms with E-state index in [0.29, 0.717) is 6.54 Å². The quantitative estimate of drug-likeness (QED) is 0.770. The third kappa shape index (κ3) is 3.81. The van der Waals surface area contributed by atoms with Gasteiger partial charge >= 0.3 is 5.97 Å². The maximum absolute atomic E-state index is 12.4. The van der Waals surface area contributed by atoms with Crippen molar-refractivity contribution in [1.29, 1.82) is 0 Å². The van der Waals surface area contributed by atoms with Crippen molar-refractivity contribution in [3.8, 4) is 0 Å². The number of halogens is 1. The van der Waals surface area contributed by atoms with Crippen LogP contribution in [0.2, 0.25) is 0 Å². The van der Waals surface area contributed by atoms with E-state index in [1.807, 2.05) is 0 Å². The summed E-state index contributed by atoms with van der Waals surface area (Å²) in [6.45, 7) is 1.95. The summed E-state index contributed by atoms with van der Waals surface area (Å²) >= 11 is 0. The first-order valence-corrected chi connectivity index (χ1v) is 8.28. The number of furan rings is 1. The van der Waals surface area contributed by atoms with Gasteiger partial charge in [-0.2, -0.15) is 0 Å². The molecule has 2 atom stereocenters. The highest BCUT2D eigenvalue weighted by Crippen LogP contribution is 2.27. The summed E-state index contributed by atoms with van der Waals surface area (Å²) in [5, 5.41) is 0. The van der Waals surface area contributed by atoms with Crippen molar-refractivity contribution in [1.82, 2.24) is 4.72 Å². The van der Waals surface area contributed by atoms with Gasteiger partial charge in [-0.25, -0.2) is 17.9 Å². The van der Waals surface area contributed by atoms with Crippen molar-refractivity contribution in [2.24, 2.45) is 11.7 Å². The molecule has 2 rings (SSSR count). The topological polar surface area (TPSA) is 112 Å². The lowest BCUT2D eigenvalue weighted by Crippen LogP contribution is -2.39. The average molecular weight is 353 g/mol. The maximum Gasteiger partial charge on any atom is 0.373 e. The van der Waals surface area contributed by atoms with Crippen LogP contribution in [0.4, 0.5) is 0 Å². The van der Waals surface area contributed by atoms with Gasteiger partial charge in [0.2, 0.25) is 15.8 Å². The molecule has 7 nitrogen and oxygen atoms in total. The SMILES string of the molecule is COC(=O)c1cc(S(=O)(=O)NC2CCCC2CN)c(C)o1.Cl. The molecule has 126 valence electrons. The van der Waals surface area contributed by atoms with E-state index in [0.717, 1.165) is 19.3 Å². The van der Waals surface area contributed by atoms with Crippen LogP contribution < -0.4 is 10.5 Å². The zero-order chi connectivity index (χ0) is 15.6. The number of esters is 1. The predicted molar refractivity (Wildman–Crippen MR) is 82.5 cm³/mol. The summed E-state index contributed by atoms with van der Waals surface area (Å²) in [6.07, 6.45) is 2.64. The molecule has 0 bridgehead atoms. The van der Waals surface area contributed by atoms with Crippen molar-refractivity contribution >= 4 is 28.4 Å². The highest BCUT2D eigenvalue weighted by molar-refractivity contribution is 7.89. The Hall–Kier alpha value is -1.09. The van der Waals surface area contributed by atoms with E-state index >= 15 is 0 Å².